The summed E-state index contributed by atoms with van der Waals surface area (Å²) in [5, 5.41) is 7.10. The lowest BCUT2D eigenvalue weighted by molar-refractivity contribution is 1.01. The van der Waals surface area contributed by atoms with Crippen molar-refractivity contribution in [1.82, 2.24) is 24.6 Å². The molecule has 5 aromatic heterocycles. The third-order valence-corrected chi connectivity index (χ3v) is 13.7. The maximum absolute atomic E-state index is 4.98. The maximum atomic E-state index is 4.98. The highest BCUT2D eigenvalue weighted by Gasteiger charge is 2.22. The molecule has 8 aromatic carbocycles. The summed E-state index contributed by atoms with van der Waals surface area (Å²) in [5.41, 5.74) is 22.9. The van der Waals surface area contributed by atoms with Gasteiger partial charge in [0, 0.05) is 46.1 Å². The van der Waals surface area contributed by atoms with Gasteiger partial charge in [0.05, 0.1) is 34.1 Å². The molecule has 0 spiro atoms. The van der Waals surface area contributed by atoms with Crippen molar-refractivity contribution in [3.63, 3.8) is 0 Å². The van der Waals surface area contributed by atoms with Gasteiger partial charge >= 0.3 is 0 Å². The van der Waals surface area contributed by atoms with Crippen LogP contribution in [0.4, 0.5) is 0 Å². The van der Waals surface area contributed by atoms with Gasteiger partial charge in [0.15, 0.2) is 0 Å². The van der Waals surface area contributed by atoms with Gasteiger partial charge in [-0.3, -0.25) is 15.0 Å². The number of hydrogen-bond donors (Lipinski definition) is 0. The first-order valence-corrected chi connectivity index (χ1v) is 23.9. The van der Waals surface area contributed by atoms with Crippen molar-refractivity contribution in [1.29, 1.82) is 0 Å². The minimum atomic E-state index is 0.953. The number of aromatic nitrogens is 5. The van der Waals surface area contributed by atoms with Crippen LogP contribution < -0.4 is 0 Å². The van der Waals surface area contributed by atoms with Gasteiger partial charge in [0.1, 0.15) is 0 Å². The Hall–Kier alpha value is -9.58. The topological polar surface area (TPSA) is 56.0 Å². The molecular weight excluding hydrogens is 863 g/mol. The predicted molar refractivity (Wildman–Crippen MR) is 293 cm³/mol. The van der Waals surface area contributed by atoms with E-state index in [1.807, 2.05) is 55.1 Å². The summed E-state index contributed by atoms with van der Waals surface area (Å²) in [6, 6.07) is 84.6. The van der Waals surface area contributed by atoms with Crippen molar-refractivity contribution < 1.29 is 0 Å². The van der Waals surface area contributed by atoms with E-state index < -0.39 is 0 Å². The fraction of sp³-hybridized carbons (Fsp3) is 0. The molecule has 5 nitrogen and oxygen atoms in total. The van der Waals surface area contributed by atoms with E-state index in [0.29, 0.717) is 0 Å². The maximum Gasteiger partial charge on any atom is 0.0831 e. The molecular formula is C66H43N5. The van der Waals surface area contributed by atoms with E-state index in [-0.39, 0.29) is 0 Å². The van der Waals surface area contributed by atoms with E-state index in [9.17, 15) is 0 Å². The van der Waals surface area contributed by atoms with E-state index in [0.717, 1.165) is 128 Å². The fourth-order valence-corrected chi connectivity index (χ4v) is 10.4. The molecule has 332 valence electrons. The lowest BCUT2D eigenvalue weighted by atomic mass is 9.84. The Balaban J connectivity index is 1.03. The third-order valence-electron chi connectivity index (χ3n) is 13.7. The Morgan fingerprint density at radius 2 is 0.732 bits per heavy atom. The first-order chi connectivity index (χ1) is 35.2. The van der Waals surface area contributed by atoms with E-state index in [1.165, 1.54) is 0 Å². The summed E-state index contributed by atoms with van der Waals surface area (Å²) in [4.78, 5) is 14.2. The van der Waals surface area contributed by atoms with Gasteiger partial charge in [-0.25, -0.2) is 4.52 Å². The molecule has 0 N–H and O–H groups in total. The van der Waals surface area contributed by atoms with Gasteiger partial charge in [-0.2, -0.15) is 5.10 Å². The Labute approximate surface area is 411 Å². The van der Waals surface area contributed by atoms with Crippen LogP contribution in [0.5, 0.6) is 0 Å². The van der Waals surface area contributed by atoms with Gasteiger partial charge in [0.25, 0.3) is 0 Å². The van der Waals surface area contributed by atoms with Gasteiger partial charge in [0.2, 0.25) is 0 Å². The normalized spacial score (nSPS) is 11.4. The van der Waals surface area contributed by atoms with Gasteiger partial charge in [-0.15, -0.1) is 0 Å². The smallest absolute Gasteiger partial charge is 0.0831 e. The zero-order valence-electron chi connectivity index (χ0n) is 38.6. The van der Waals surface area contributed by atoms with Crippen molar-refractivity contribution in [3.05, 3.63) is 261 Å². The van der Waals surface area contributed by atoms with Crippen LogP contribution in [-0.2, 0) is 0 Å². The number of fused-ring (bicyclic) bond motifs is 6. The molecule has 0 aliphatic carbocycles. The highest BCUT2D eigenvalue weighted by Crippen LogP contribution is 2.46. The van der Waals surface area contributed by atoms with Crippen LogP contribution in [0.3, 0.4) is 0 Å². The van der Waals surface area contributed by atoms with Gasteiger partial charge in [-0.05, 0) is 139 Å². The lowest BCUT2D eigenvalue weighted by Gasteiger charge is -2.20. The minimum absolute atomic E-state index is 0.953. The van der Waals surface area contributed by atoms with E-state index in [4.69, 9.17) is 10.1 Å². The SMILES string of the molecule is c1ccc(-c2c(-c3ccccc3-c3cc(-c4ccccc4-c4ccc(-c5ccccn5)cc4)cc(-c4ccccc4-c4ccc(-c5ccccn5)cc4)c3)ccc3c4ncccc4c4ccnn4c23)cc1. The first kappa shape index (κ1) is 41.6. The summed E-state index contributed by atoms with van der Waals surface area (Å²) in [6.45, 7) is 0. The summed E-state index contributed by atoms with van der Waals surface area (Å²) in [7, 11) is 0. The molecule has 5 heterocycles. The third kappa shape index (κ3) is 7.54. The highest BCUT2D eigenvalue weighted by molar-refractivity contribution is 6.16. The monoisotopic (exact) mass is 905 g/mol. The van der Waals surface area contributed by atoms with Gasteiger partial charge < -0.3 is 0 Å². The number of benzene rings is 8. The first-order valence-electron chi connectivity index (χ1n) is 23.9. The number of nitrogens with zero attached hydrogens (tertiary/aromatic N) is 5. The van der Waals surface area contributed by atoms with Crippen molar-refractivity contribution in [3.8, 4) is 100 Å². The van der Waals surface area contributed by atoms with Crippen molar-refractivity contribution in [2.45, 2.75) is 0 Å². The molecule has 0 amide bonds. The Morgan fingerprint density at radius 1 is 0.268 bits per heavy atom. The van der Waals surface area contributed by atoms with Crippen molar-refractivity contribution >= 4 is 27.3 Å². The standard InChI is InChI=1S/C66H43N5/c1-2-15-48(16-3-1)64-58(34-35-60-65-59(23-14-39-69-65)63-36-40-70-71(63)66(60)64)57-22-9-8-21-56(57)51-42-49(54-19-6-4-17-52(54)44-26-30-46(31-27-44)61-24-10-12-37-67-61)41-50(43-51)55-20-7-5-18-53(55)45-28-32-47(33-29-45)62-25-11-13-38-68-62/h1-43H. The minimum Gasteiger partial charge on any atom is -0.256 e. The van der Waals surface area contributed by atoms with Gasteiger partial charge in [-0.1, -0.05) is 170 Å². The molecule has 13 aromatic rings. The van der Waals surface area contributed by atoms with Crippen molar-refractivity contribution in [2.24, 2.45) is 0 Å². The summed E-state index contributed by atoms with van der Waals surface area (Å²) in [5.74, 6) is 0. The van der Waals surface area contributed by atoms with Crippen LogP contribution >= 0.6 is 0 Å². The molecule has 0 unspecified atom stereocenters. The Bertz CT molecular complexity index is 3930. The zero-order chi connectivity index (χ0) is 47.1. The molecule has 0 bridgehead atoms. The molecule has 71 heavy (non-hydrogen) atoms. The quantitative estimate of drug-likeness (QED) is 0.135. The molecule has 5 heteroatoms. The molecule has 0 aliphatic heterocycles. The summed E-state index contributed by atoms with van der Waals surface area (Å²) in [6.07, 6.45) is 7.46. The average molecular weight is 906 g/mol. The molecule has 0 radical (unpaired) electrons. The highest BCUT2D eigenvalue weighted by atomic mass is 15.2. The largest absolute Gasteiger partial charge is 0.256 e. The average Bonchev–Trinajstić information content (AvgIpc) is 3.97. The molecule has 0 saturated carbocycles. The Kier molecular flexibility index (Phi) is 10.4. The number of pyridine rings is 4. The molecule has 13 rings (SSSR count). The zero-order valence-corrected chi connectivity index (χ0v) is 38.6. The van der Waals surface area contributed by atoms with Crippen LogP contribution in [0, 0.1) is 0 Å². The van der Waals surface area contributed by atoms with Crippen molar-refractivity contribution in [2.75, 3.05) is 0 Å². The van der Waals surface area contributed by atoms with Crippen LogP contribution in [-0.4, -0.2) is 24.6 Å². The molecule has 0 atom stereocenters. The number of hydrogen-bond acceptors (Lipinski definition) is 4. The lowest BCUT2D eigenvalue weighted by Crippen LogP contribution is -1.99. The van der Waals surface area contributed by atoms with E-state index in [1.54, 1.807) is 0 Å². The van der Waals surface area contributed by atoms with Crippen LogP contribution in [0.2, 0.25) is 0 Å². The summed E-state index contributed by atoms with van der Waals surface area (Å²) < 4.78 is 2.10. The molecule has 0 saturated heterocycles. The van der Waals surface area contributed by atoms with Crippen LogP contribution in [0.25, 0.3) is 128 Å². The second-order valence-corrected chi connectivity index (χ2v) is 17.8. The molecule has 0 fully saturated rings. The fourth-order valence-electron chi connectivity index (χ4n) is 10.4. The van der Waals surface area contributed by atoms with E-state index in [2.05, 4.69) is 221 Å². The Morgan fingerprint density at radius 3 is 1.27 bits per heavy atom. The molecule has 0 aliphatic rings. The van der Waals surface area contributed by atoms with Crippen LogP contribution in [0.1, 0.15) is 0 Å². The number of rotatable bonds is 9. The summed E-state index contributed by atoms with van der Waals surface area (Å²) >= 11 is 0. The second-order valence-electron chi connectivity index (χ2n) is 17.8. The predicted octanol–water partition coefficient (Wildman–Crippen LogP) is 16.8. The van der Waals surface area contributed by atoms with E-state index >= 15 is 0 Å². The van der Waals surface area contributed by atoms with Crippen LogP contribution in [0.15, 0.2) is 261 Å². The second kappa shape index (κ2) is 17.8.